The van der Waals surface area contributed by atoms with Crippen molar-refractivity contribution in [2.45, 2.75) is 37.5 Å². The summed E-state index contributed by atoms with van der Waals surface area (Å²) >= 11 is 0. The van der Waals surface area contributed by atoms with E-state index in [1.165, 1.54) is 6.26 Å². The third-order valence-electron chi connectivity index (χ3n) is 2.46. The van der Waals surface area contributed by atoms with E-state index in [0.717, 1.165) is 19.3 Å². The number of sulfone groups is 1. The van der Waals surface area contributed by atoms with Gasteiger partial charge in [-0.2, -0.15) is 0 Å². The summed E-state index contributed by atoms with van der Waals surface area (Å²) in [6.45, 7) is 5.21. The highest BCUT2D eigenvalue weighted by atomic mass is 32.2. The van der Waals surface area contributed by atoms with Crippen molar-refractivity contribution in [3.05, 3.63) is 12.8 Å². The number of hydrogen-bond acceptors (Lipinski definition) is 3. The summed E-state index contributed by atoms with van der Waals surface area (Å²) < 4.78 is 28.3. The van der Waals surface area contributed by atoms with Gasteiger partial charge in [-0.05, 0) is 19.8 Å². The highest BCUT2D eigenvalue weighted by molar-refractivity contribution is 7.92. The molecule has 13 heavy (non-hydrogen) atoms. The van der Waals surface area contributed by atoms with Crippen LogP contribution in [0.2, 0.25) is 0 Å². The van der Waals surface area contributed by atoms with Crippen molar-refractivity contribution in [2.75, 3.05) is 5.75 Å². The highest BCUT2D eigenvalue weighted by Gasteiger charge is 2.33. The van der Waals surface area contributed by atoms with E-state index >= 15 is 0 Å². The van der Waals surface area contributed by atoms with E-state index in [9.17, 15) is 8.42 Å². The molecule has 0 aromatic heterocycles. The van der Waals surface area contributed by atoms with E-state index in [4.69, 9.17) is 4.74 Å². The summed E-state index contributed by atoms with van der Waals surface area (Å²) in [7, 11) is -2.92. The van der Waals surface area contributed by atoms with Gasteiger partial charge in [0.15, 0.2) is 9.84 Å². The molecule has 0 saturated carbocycles. The Hall–Kier alpha value is -0.510. The molecule has 0 amide bonds. The zero-order valence-corrected chi connectivity index (χ0v) is 8.72. The Bertz CT molecular complexity index is 269. The quantitative estimate of drug-likeness (QED) is 0.654. The Morgan fingerprint density at radius 2 is 2.23 bits per heavy atom. The monoisotopic (exact) mass is 204 g/mol. The number of rotatable bonds is 3. The van der Waals surface area contributed by atoms with Crippen LogP contribution in [0.4, 0.5) is 0 Å². The first kappa shape index (κ1) is 10.6. The molecule has 0 aromatic carbocycles. The van der Waals surface area contributed by atoms with Crippen molar-refractivity contribution >= 4 is 9.84 Å². The van der Waals surface area contributed by atoms with Crippen LogP contribution in [0, 0.1) is 0 Å². The van der Waals surface area contributed by atoms with Crippen molar-refractivity contribution in [2.24, 2.45) is 0 Å². The van der Waals surface area contributed by atoms with Crippen LogP contribution in [0.5, 0.6) is 0 Å². The van der Waals surface area contributed by atoms with Gasteiger partial charge < -0.3 is 4.74 Å². The van der Waals surface area contributed by atoms with E-state index in [-0.39, 0.29) is 11.4 Å². The summed E-state index contributed by atoms with van der Waals surface area (Å²) in [4.78, 5) is 0. The lowest BCUT2D eigenvalue weighted by atomic mass is 10.1. The third-order valence-corrected chi connectivity index (χ3v) is 4.86. The zero-order valence-electron chi connectivity index (χ0n) is 7.90. The van der Waals surface area contributed by atoms with E-state index in [2.05, 4.69) is 6.58 Å². The molecule has 2 atom stereocenters. The van der Waals surface area contributed by atoms with Gasteiger partial charge in [-0.25, -0.2) is 8.42 Å². The Morgan fingerprint density at radius 3 is 2.77 bits per heavy atom. The third kappa shape index (κ3) is 2.46. The Kier molecular flexibility index (Phi) is 3.36. The van der Waals surface area contributed by atoms with Gasteiger partial charge in [-0.3, -0.25) is 0 Å². The van der Waals surface area contributed by atoms with Gasteiger partial charge in [0, 0.05) is 0 Å². The minimum atomic E-state index is -2.92. The highest BCUT2D eigenvalue weighted by Crippen LogP contribution is 2.23. The van der Waals surface area contributed by atoms with Gasteiger partial charge in [-0.1, -0.05) is 13.0 Å². The topological polar surface area (TPSA) is 43.4 Å². The SMILES string of the molecule is C=COC(C)C1CCCCS1(=O)=O. The van der Waals surface area contributed by atoms with Crippen LogP contribution in [0.25, 0.3) is 0 Å². The smallest absolute Gasteiger partial charge is 0.156 e. The van der Waals surface area contributed by atoms with Crippen molar-refractivity contribution < 1.29 is 13.2 Å². The zero-order chi connectivity index (χ0) is 9.90. The molecule has 1 heterocycles. The summed E-state index contributed by atoms with van der Waals surface area (Å²) in [6.07, 6.45) is 3.54. The second-order valence-electron chi connectivity index (χ2n) is 3.41. The van der Waals surface area contributed by atoms with Gasteiger partial charge >= 0.3 is 0 Å². The fraction of sp³-hybridized carbons (Fsp3) is 0.778. The summed E-state index contributed by atoms with van der Waals surface area (Å²) in [5, 5.41) is -0.334. The van der Waals surface area contributed by atoms with Gasteiger partial charge in [0.2, 0.25) is 0 Å². The second-order valence-corrected chi connectivity index (χ2v) is 5.75. The summed E-state index contributed by atoms with van der Waals surface area (Å²) in [6, 6.07) is 0. The maximum Gasteiger partial charge on any atom is 0.156 e. The lowest BCUT2D eigenvalue weighted by Gasteiger charge is -2.26. The normalized spacial score (nSPS) is 29.2. The van der Waals surface area contributed by atoms with Crippen molar-refractivity contribution in [3.63, 3.8) is 0 Å². The molecular weight excluding hydrogens is 188 g/mol. The van der Waals surface area contributed by atoms with Crippen LogP contribution in [0.1, 0.15) is 26.2 Å². The molecule has 0 bridgehead atoms. The molecule has 1 saturated heterocycles. The molecule has 1 aliphatic rings. The first-order chi connectivity index (χ1) is 6.08. The van der Waals surface area contributed by atoms with Crippen LogP contribution in [-0.4, -0.2) is 25.5 Å². The molecular formula is C9H16O3S. The fourth-order valence-corrected chi connectivity index (χ4v) is 3.83. The van der Waals surface area contributed by atoms with Crippen LogP contribution in [0.15, 0.2) is 12.8 Å². The standard InChI is InChI=1S/C9H16O3S/c1-3-12-8(2)9-6-4-5-7-13(9,10)11/h3,8-9H,1,4-7H2,2H3. The Balaban J connectivity index is 2.70. The average molecular weight is 204 g/mol. The van der Waals surface area contributed by atoms with Gasteiger partial charge in [0.05, 0.1) is 17.3 Å². The molecule has 4 heteroatoms. The summed E-state index contributed by atoms with van der Waals surface area (Å²) in [5.74, 6) is 0.308. The minimum Gasteiger partial charge on any atom is -0.498 e. The predicted octanol–water partition coefficient (Wildman–Crippen LogP) is 1.50. The maximum absolute atomic E-state index is 11.6. The molecule has 76 valence electrons. The Labute approximate surface area is 79.7 Å². The van der Waals surface area contributed by atoms with Crippen molar-refractivity contribution in [3.8, 4) is 0 Å². The van der Waals surface area contributed by atoms with E-state index in [1.807, 2.05) is 0 Å². The predicted molar refractivity (Wildman–Crippen MR) is 52.2 cm³/mol. The van der Waals surface area contributed by atoms with Crippen molar-refractivity contribution in [1.82, 2.24) is 0 Å². The Morgan fingerprint density at radius 1 is 1.54 bits per heavy atom. The fourth-order valence-electron chi connectivity index (χ4n) is 1.75. The average Bonchev–Trinajstić information content (AvgIpc) is 2.03. The van der Waals surface area contributed by atoms with Crippen LogP contribution in [-0.2, 0) is 14.6 Å². The molecule has 0 spiro atoms. The molecule has 1 fully saturated rings. The molecule has 1 rings (SSSR count). The maximum atomic E-state index is 11.6. The van der Waals surface area contributed by atoms with Crippen molar-refractivity contribution in [1.29, 1.82) is 0 Å². The molecule has 0 N–H and O–H groups in total. The number of ether oxygens (including phenoxy) is 1. The van der Waals surface area contributed by atoms with Crippen LogP contribution in [0.3, 0.4) is 0 Å². The first-order valence-corrected chi connectivity index (χ1v) is 6.27. The van der Waals surface area contributed by atoms with E-state index in [1.54, 1.807) is 6.92 Å². The largest absolute Gasteiger partial charge is 0.498 e. The minimum absolute atomic E-state index is 0.261. The van der Waals surface area contributed by atoms with Crippen LogP contribution >= 0.6 is 0 Å². The number of hydrogen-bond donors (Lipinski definition) is 0. The molecule has 0 radical (unpaired) electrons. The lowest BCUT2D eigenvalue weighted by Crippen LogP contribution is -2.37. The molecule has 0 aromatic rings. The van der Waals surface area contributed by atoms with E-state index < -0.39 is 9.84 Å². The first-order valence-electron chi connectivity index (χ1n) is 4.56. The van der Waals surface area contributed by atoms with Crippen LogP contribution < -0.4 is 0 Å². The molecule has 0 aliphatic carbocycles. The van der Waals surface area contributed by atoms with E-state index in [0.29, 0.717) is 5.75 Å². The molecule has 3 nitrogen and oxygen atoms in total. The molecule has 1 aliphatic heterocycles. The summed E-state index contributed by atoms with van der Waals surface area (Å²) in [5.41, 5.74) is 0. The molecule has 2 unspecified atom stereocenters. The van der Waals surface area contributed by atoms with Gasteiger partial charge in [0.1, 0.15) is 6.10 Å². The second kappa shape index (κ2) is 4.13. The van der Waals surface area contributed by atoms with Gasteiger partial charge in [0.25, 0.3) is 0 Å². The lowest BCUT2D eigenvalue weighted by molar-refractivity contribution is 0.151. The van der Waals surface area contributed by atoms with Gasteiger partial charge in [-0.15, -0.1) is 0 Å².